The Hall–Kier alpha value is -1.96. The number of carbonyl (C=O) groups excluding carboxylic acids is 1. The highest BCUT2D eigenvalue weighted by atomic mass is 32.2. The van der Waals surface area contributed by atoms with Gasteiger partial charge in [-0.2, -0.15) is 0 Å². The summed E-state index contributed by atoms with van der Waals surface area (Å²) in [7, 11) is 0. The zero-order chi connectivity index (χ0) is 17.0. The molecule has 2 aromatic rings. The molecule has 1 N–H and O–H groups in total. The monoisotopic (exact) mass is 337 g/mol. The van der Waals surface area contributed by atoms with Crippen LogP contribution in [-0.4, -0.2) is 31.9 Å². The van der Waals surface area contributed by atoms with Crippen molar-refractivity contribution in [2.75, 3.05) is 5.75 Å². The molecule has 0 aliphatic carbocycles. The number of aryl methyl sites for hydroxylation is 1. The van der Waals surface area contributed by atoms with Gasteiger partial charge in [-0.15, -0.1) is 5.10 Å². The van der Waals surface area contributed by atoms with Crippen LogP contribution in [0.3, 0.4) is 0 Å². The number of halogens is 1. The maximum absolute atomic E-state index is 13.5. The molecule has 0 bridgehead atoms. The molecule has 1 amide bonds. The number of tetrazole rings is 1. The highest BCUT2D eigenvalue weighted by Gasteiger charge is 2.20. The first kappa shape index (κ1) is 17.4. The number of benzene rings is 1. The van der Waals surface area contributed by atoms with Gasteiger partial charge < -0.3 is 5.32 Å². The Morgan fingerprint density at radius 2 is 2.13 bits per heavy atom. The van der Waals surface area contributed by atoms with E-state index in [0.717, 1.165) is 5.56 Å². The molecule has 1 aromatic heterocycles. The molecule has 0 fully saturated rings. The van der Waals surface area contributed by atoms with Gasteiger partial charge in [0.1, 0.15) is 5.82 Å². The lowest BCUT2D eigenvalue weighted by Gasteiger charge is -2.19. The first-order valence-corrected chi connectivity index (χ1v) is 8.19. The van der Waals surface area contributed by atoms with Gasteiger partial charge in [0.2, 0.25) is 11.1 Å². The fourth-order valence-electron chi connectivity index (χ4n) is 1.82. The standard InChI is InChI=1S/C15H20FN5OS/c1-10-5-6-11(7-12(10)16)8-17-13(22)9-23-14-18-19-20-21(14)15(2,3)4/h5-7H,8-9H2,1-4H3,(H,17,22). The normalized spacial score (nSPS) is 11.5. The quantitative estimate of drug-likeness (QED) is 0.848. The summed E-state index contributed by atoms with van der Waals surface area (Å²) in [5, 5.41) is 14.9. The number of hydrogen-bond donors (Lipinski definition) is 1. The van der Waals surface area contributed by atoms with E-state index in [2.05, 4.69) is 20.8 Å². The summed E-state index contributed by atoms with van der Waals surface area (Å²) in [5.74, 6) is -0.222. The van der Waals surface area contributed by atoms with Crippen LogP contribution in [0.4, 0.5) is 4.39 Å². The Morgan fingerprint density at radius 1 is 1.39 bits per heavy atom. The smallest absolute Gasteiger partial charge is 0.230 e. The lowest BCUT2D eigenvalue weighted by Crippen LogP contribution is -2.26. The number of carbonyl (C=O) groups is 1. The maximum atomic E-state index is 13.5. The zero-order valence-corrected chi connectivity index (χ0v) is 14.4. The number of amides is 1. The third-order valence-corrected chi connectivity index (χ3v) is 4.05. The molecule has 0 aliphatic rings. The van der Waals surface area contributed by atoms with Crippen LogP contribution in [-0.2, 0) is 16.9 Å². The molecule has 1 aromatic carbocycles. The lowest BCUT2D eigenvalue weighted by atomic mass is 10.1. The van der Waals surface area contributed by atoms with Crippen molar-refractivity contribution in [3.05, 3.63) is 35.1 Å². The maximum Gasteiger partial charge on any atom is 0.230 e. The van der Waals surface area contributed by atoms with Crippen molar-refractivity contribution in [1.29, 1.82) is 0 Å². The number of aromatic nitrogens is 4. The summed E-state index contributed by atoms with van der Waals surface area (Å²) >= 11 is 1.27. The summed E-state index contributed by atoms with van der Waals surface area (Å²) in [5.41, 5.74) is 1.07. The zero-order valence-electron chi connectivity index (χ0n) is 13.6. The van der Waals surface area contributed by atoms with Gasteiger partial charge in [0.15, 0.2) is 0 Å². The van der Waals surface area contributed by atoms with Crippen LogP contribution in [0, 0.1) is 12.7 Å². The second kappa shape index (κ2) is 7.08. The summed E-state index contributed by atoms with van der Waals surface area (Å²) < 4.78 is 15.1. The summed E-state index contributed by atoms with van der Waals surface area (Å²) in [6, 6.07) is 4.93. The molecule has 8 heteroatoms. The Balaban J connectivity index is 1.86. The van der Waals surface area contributed by atoms with Gasteiger partial charge in [0.25, 0.3) is 0 Å². The number of thioether (sulfide) groups is 1. The van der Waals surface area contributed by atoms with E-state index in [1.807, 2.05) is 20.8 Å². The highest BCUT2D eigenvalue weighted by Crippen LogP contribution is 2.21. The van der Waals surface area contributed by atoms with E-state index < -0.39 is 0 Å². The van der Waals surface area contributed by atoms with Crippen LogP contribution >= 0.6 is 11.8 Å². The van der Waals surface area contributed by atoms with Crippen LogP contribution in [0.25, 0.3) is 0 Å². The van der Waals surface area contributed by atoms with Crippen molar-refractivity contribution in [2.24, 2.45) is 0 Å². The van der Waals surface area contributed by atoms with Gasteiger partial charge >= 0.3 is 0 Å². The van der Waals surface area contributed by atoms with E-state index in [-0.39, 0.29) is 23.0 Å². The third-order valence-electron chi connectivity index (χ3n) is 3.13. The van der Waals surface area contributed by atoms with E-state index in [0.29, 0.717) is 17.3 Å². The molecule has 0 saturated carbocycles. The minimum atomic E-state index is -0.268. The minimum Gasteiger partial charge on any atom is -0.351 e. The number of hydrogen-bond acceptors (Lipinski definition) is 5. The van der Waals surface area contributed by atoms with Crippen LogP contribution in [0.15, 0.2) is 23.4 Å². The molecule has 0 atom stereocenters. The molecule has 0 spiro atoms. The van der Waals surface area contributed by atoms with Gasteiger partial charge in [0, 0.05) is 6.54 Å². The Kier molecular flexibility index (Phi) is 5.35. The highest BCUT2D eigenvalue weighted by molar-refractivity contribution is 7.99. The van der Waals surface area contributed by atoms with Gasteiger partial charge in [-0.3, -0.25) is 4.79 Å². The van der Waals surface area contributed by atoms with E-state index >= 15 is 0 Å². The molecule has 23 heavy (non-hydrogen) atoms. The fraction of sp³-hybridized carbons (Fsp3) is 0.467. The molecule has 0 aliphatic heterocycles. The van der Waals surface area contributed by atoms with Gasteiger partial charge in [0.05, 0.1) is 11.3 Å². The predicted molar refractivity (Wildman–Crippen MR) is 86.5 cm³/mol. The van der Waals surface area contributed by atoms with Crippen LogP contribution < -0.4 is 5.32 Å². The SMILES string of the molecule is Cc1ccc(CNC(=O)CSc2nnnn2C(C)(C)C)cc1F. The van der Waals surface area contributed by atoms with E-state index in [4.69, 9.17) is 0 Å². The molecule has 0 unspecified atom stereocenters. The second-order valence-electron chi connectivity index (χ2n) is 6.19. The Morgan fingerprint density at radius 3 is 2.78 bits per heavy atom. The molecule has 1 heterocycles. The largest absolute Gasteiger partial charge is 0.351 e. The summed E-state index contributed by atoms with van der Waals surface area (Å²) in [6.45, 7) is 7.95. The average Bonchev–Trinajstić information content (AvgIpc) is 2.95. The number of nitrogens with zero attached hydrogens (tertiary/aromatic N) is 4. The first-order valence-electron chi connectivity index (χ1n) is 7.21. The number of rotatable bonds is 5. The Labute approximate surface area is 138 Å². The third kappa shape index (κ3) is 4.75. The van der Waals surface area contributed by atoms with Crippen molar-refractivity contribution in [3.8, 4) is 0 Å². The molecular weight excluding hydrogens is 317 g/mol. The van der Waals surface area contributed by atoms with Crippen molar-refractivity contribution < 1.29 is 9.18 Å². The fourth-order valence-corrected chi connectivity index (χ4v) is 2.71. The van der Waals surface area contributed by atoms with Crippen molar-refractivity contribution in [1.82, 2.24) is 25.5 Å². The van der Waals surface area contributed by atoms with Gasteiger partial charge in [-0.25, -0.2) is 9.07 Å². The topological polar surface area (TPSA) is 72.7 Å². The summed E-state index contributed by atoms with van der Waals surface area (Å²) in [4.78, 5) is 11.9. The van der Waals surface area contributed by atoms with E-state index in [1.165, 1.54) is 17.8 Å². The average molecular weight is 337 g/mol. The lowest BCUT2D eigenvalue weighted by molar-refractivity contribution is -0.118. The van der Waals surface area contributed by atoms with Crippen molar-refractivity contribution in [3.63, 3.8) is 0 Å². The van der Waals surface area contributed by atoms with Crippen molar-refractivity contribution in [2.45, 2.75) is 44.9 Å². The van der Waals surface area contributed by atoms with Crippen LogP contribution in [0.1, 0.15) is 31.9 Å². The van der Waals surface area contributed by atoms with E-state index in [1.54, 1.807) is 23.7 Å². The molecular formula is C15H20FN5OS. The van der Waals surface area contributed by atoms with Crippen LogP contribution in [0.2, 0.25) is 0 Å². The summed E-state index contributed by atoms with van der Waals surface area (Å²) in [6.07, 6.45) is 0. The van der Waals surface area contributed by atoms with E-state index in [9.17, 15) is 9.18 Å². The number of nitrogens with one attached hydrogen (secondary N) is 1. The molecule has 0 radical (unpaired) electrons. The molecule has 2 rings (SSSR count). The Bertz CT molecular complexity index is 695. The molecule has 6 nitrogen and oxygen atoms in total. The molecule has 124 valence electrons. The predicted octanol–water partition coefficient (Wildman–Crippen LogP) is 2.28. The van der Waals surface area contributed by atoms with Crippen LogP contribution in [0.5, 0.6) is 0 Å². The minimum absolute atomic E-state index is 0.153. The molecule has 0 saturated heterocycles. The van der Waals surface area contributed by atoms with Gasteiger partial charge in [-0.05, 0) is 55.3 Å². The van der Waals surface area contributed by atoms with Gasteiger partial charge in [-0.1, -0.05) is 23.9 Å². The van der Waals surface area contributed by atoms with Crippen molar-refractivity contribution >= 4 is 17.7 Å². The first-order chi connectivity index (χ1) is 10.8. The second-order valence-corrected chi connectivity index (χ2v) is 7.14.